The summed E-state index contributed by atoms with van der Waals surface area (Å²) < 4.78 is 18.4. The second-order valence-corrected chi connectivity index (χ2v) is 7.81. The summed E-state index contributed by atoms with van der Waals surface area (Å²) in [5.74, 6) is 1.39. The number of pyridine rings is 1. The van der Waals surface area contributed by atoms with Crippen molar-refractivity contribution in [1.29, 1.82) is 0 Å². The van der Waals surface area contributed by atoms with Crippen molar-refractivity contribution in [3.05, 3.63) is 59.9 Å². The fraction of sp³-hybridized carbons (Fsp3) is 0.391. The van der Waals surface area contributed by atoms with Crippen molar-refractivity contribution in [3.8, 4) is 11.4 Å². The zero-order valence-corrected chi connectivity index (χ0v) is 17.7. The number of amides is 1. The molecule has 4 rings (SSSR count). The second kappa shape index (κ2) is 9.24. The molecule has 8 heteroatoms. The van der Waals surface area contributed by atoms with Gasteiger partial charge in [-0.1, -0.05) is 24.2 Å². The molecule has 2 atom stereocenters. The number of hydrogen-bond acceptors (Lipinski definition) is 6. The largest absolute Gasteiger partial charge is 0.355 e. The van der Waals surface area contributed by atoms with Crippen LogP contribution in [-0.2, 0) is 11.2 Å². The van der Waals surface area contributed by atoms with Gasteiger partial charge in [0.25, 0.3) is 0 Å². The lowest BCUT2D eigenvalue weighted by atomic mass is 9.96. The highest BCUT2D eigenvalue weighted by molar-refractivity contribution is 5.80. The molecule has 0 bridgehead atoms. The number of nitrogens with one attached hydrogen (secondary N) is 1. The lowest BCUT2D eigenvalue weighted by Crippen LogP contribution is -2.44. The Bertz CT molecular complexity index is 1040. The summed E-state index contributed by atoms with van der Waals surface area (Å²) in [7, 11) is 0. The van der Waals surface area contributed by atoms with Gasteiger partial charge in [0.1, 0.15) is 11.6 Å². The lowest BCUT2D eigenvalue weighted by Gasteiger charge is -2.34. The van der Waals surface area contributed by atoms with Crippen molar-refractivity contribution < 1.29 is 13.7 Å². The van der Waals surface area contributed by atoms with Crippen LogP contribution in [0.25, 0.3) is 11.4 Å². The highest BCUT2D eigenvalue weighted by atomic mass is 19.1. The van der Waals surface area contributed by atoms with Crippen molar-refractivity contribution in [3.63, 3.8) is 0 Å². The number of rotatable bonds is 6. The molecule has 3 heterocycles. The molecule has 1 fully saturated rings. The first-order valence-corrected chi connectivity index (χ1v) is 10.6. The molecule has 1 aliphatic heterocycles. The average Bonchev–Trinajstić information content (AvgIpc) is 3.29. The van der Waals surface area contributed by atoms with Crippen LogP contribution < -0.4 is 10.2 Å². The van der Waals surface area contributed by atoms with E-state index in [2.05, 4.69) is 25.3 Å². The number of halogens is 1. The number of aryl methyl sites for hydroxylation is 1. The van der Waals surface area contributed by atoms with Crippen LogP contribution in [0.5, 0.6) is 0 Å². The Labute approximate surface area is 180 Å². The molecule has 0 radical (unpaired) electrons. The minimum absolute atomic E-state index is 0.00756. The van der Waals surface area contributed by atoms with Crippen LogP contribution in [0.4, 0.5) is 10.2 Å². The summed E-state index contributed by atoms with van der Waals surface area (Å²) in [6.45, 7) is 5.23. The third kappa shape index (κ3) is 4.73. The van der Waals surface area contributed by atoms with Gasteiger partial charge in [-0.2, -0.15) is 4.98 Å². The third-order valence-electron chi connectivity index (χ3n) is 5.62. The van der Waals surface area contributed by atoms with Gasteiger partial charge in [0, 0.05) is 25.7 Å². The fourth-order valence-corrected chi connectivity index (χ4v) is 3.88. The highest BCUT2D eigenvalue weighted by Gasteiger charge is 2.29. The monoisotopic (exact) mass is 423 g/mol. The van der Waals surface area contributed by atoms with E-state index in [0.29, 0.717) is 24.7 Å². The Morgan fingerprint density at radius 3 is 2.87 bits per heavy atom. The molecule has 31 heavy (non-hydrogen) atoms. The Balaban J connectivity index is 1.47. The van der Waals surface area contributed by atoms with Crippen LogP contribution in [0.3, 0.4) is 0 Å². The molecule has 0 aliphatic carbocycles. The first-order chi connectivity index (χ1) is 15.0. The number of aromatic nitrogens is 3. The number of carbonyl (C=O) groups is 1. The predicted molar refractivity (Wildman–Crippen MR) is 115 cm³/mol. The second-order valence-electron chi connectivity index (χ2n) is 7.81. The maximum absolute atomic E-state index is 13.2. The van der Waals surface area contributed by atoms with E-state index in [9.17, 15) is 9.18 Å². The topological polar surface area (TPSA) is 84.2 Å². The van der Waals surface area contributed by atoms with E-state index >= 15 is 0 Å². The van der Waals surface area contributed by atoms with Gasteiger partial charge in [0.05, 0.1) is 17.5 Å². The first kappa shape index (κ1) is 21.0. The number of benzene rings is 1. The Morgan fingerprint density at radius 2 is 2.13 bits per heavy atom. The molecule has 2 aromatic heterocycles. The Kier molecular flexibility index (Phi) is 6.25. The van der Waals surface area contributed by atoms with Gasteiger partial charge in [-0.25, -0.2) is 9.37 Å². The molecule has 0 saturated carbocycles. The van der Waals surface area contributed by atoms with E-state index in [0.717, 1.165) is 36.3 Å². The van der Waals surface area contributed by atoms with Crippen molar-refractivity contribution in [2.75, 3.05) is 18.0 Å². The molecular weight excluding hydrogens is 397 g/mol. The zero-order chi connectivity index (χ0) is 21.8. The maximum atomic E-state index is 13.2. The normalized spacial score (nSPS) is 17.4. The molecule has 2 unspecified atom stereocenters. The number of carbonyl (C=O) groups excluding carboxylic acids is 1. The van der Waals surface area contributed by atoms with E-state index in [4.69, 9.17) is 4.52 Å². The summed E-state index contributed by atoms with van der Waals surface area (Å²) >= 11 is 0. The van der Waals surface area contributed by atoms with Gasteiger partial charge in [-0.3, -0.25) is 4.79 Å². The predicted octanol–water partition coefficient (Wildman–Crippen LogP) is 3.93. The van der Waals surface area contributed by atoms with Gasteiger partial charge in [0.15, 0.2) is 0 Å². The zero-order valence-electron chi connectivity index (χ0n) is 17.7. The molecule has 7 nitrogen and oxygen atoms in total. The molecule has 1 aromatic carbocycles. The third-order valence-corrected chi connectivity index (χ3v) is 5.62. The maximum Gasteiger partial charge on any atom is 0.226 e. The van der Waals surface area contributed by atoms with Crippen LogP contribution in [0.15, 0.2) is 47.1 Å². The molecule has 3 aromatic rings. The summed E-state index contributed by atoms with van der Waals surface area (Å²) in [4.78, 5) is 24.1. The van der Waals surface area contributed by atoms with E-state index in [-0.39, 0.29) is 23.7 Å². The molecule has 162 valence electrons. The summed E-state index contributed by atoms with van der Waals surface area (Å²) in [5, 5.41) is 7.15. The van der Waals surface area contributed by atoms with Gasteiger partial charge in [0.2, 0.25) is 17.6 Å². The SMILES string of the molecule is CCc1nc(-c2cccnc2N2CCCC(C(=O)NC(C)c3ccc(F)cc3)C2)no1. The number of piperidine rings is 1. The van der Waals surface area contributed by atoms with Crippen LogP contribution in [0.2, 0.25) is 0 Å². The quantitative estimate of drug-likeness (QED) is 0.647. The minimum Gasteiger partial charge on any atom is -0.355 e. The standard InChI is InChI=1S/C23H26FN5O2/c1-3-20-27-21(28-31-20)19-7-4-12-25-22(19)29-13-5-6-17(14-29)23(30)26-15(2)16-8-10-18(24)11-9-16/h4,7-12,15,17H,3,5-6,13-14H2,1-2H3,(H,26,30). The fourth-order valence-electron chi connectivity index (χ4n) is 3.88. The van der Waals surface area contributed by atoms with Crippen molar-refractivity contribution in [1.82, 2.24) is 20.4 Å². The lowest BCUT2D eigenvalue weighted by molar-refractivity contribution is -0.125. The van der Waals surface area contributed by atoms with Crippen LogP contribution >= 0.6 is 0 Å². The number of nitrogens with zero attached hydrogens (tertiary/aromatic N) is 4. The molecule has 0 spiro atoms. The van der Waals surface area contributed by atoms with Gasteiger partial charge in [-0.05, 0) is 49.6 Å². The van der Waals surface area contributed by atoms with Gasteiger partial charge in [-0.15, -0.1) is 0 Å². The minimum atomic E-state index is -0.288. The summed E-state index contributed by atoms with van der Waals surface area (Å²) in [6, 6.07) is 9.79. The van der Waals surface area contributed by atoms with E-state index in [1.54, 1.807) is 18.3 Å². The molecule has 1 saturated heterocycles. The molecule has 1 aliphatic rings. The van der Waals surface area contributed by atoms with E-state index in [1.807, 2.05) is 26.0 Å². The molecular formula is C23H26FN5O2. The van der Waals surface area contributed by atoms with Crippen LogP contribution in [0, 0.1) is 11.7 Å². The Morgan fingerprint density at radius 1 is 1.32 bits per heavy atom. The smallest absolute Gasteiger partial charge is 0.226 e. The first-order valence-electron chi connectivity index (χ1n) is 10.6. The van der Waals surface area contributed by atoms with E-state index < -0.39 is 0 Å². The highest BCUT2D eigenvalue weighted by Crippen LogP contribution is 2.30. The van der Waals surface area contributed by atoms with Crippen LogP contribution in [-0.4, -0.2) is 34.1 Å². The van der Waals surface area contributed by atoms with Crippen molar-refractivity contribution in [2.45, 2.75) is 39.2 Å². The van der Waals surface area contributed by atoms with Crippen molar-refractivity contribution in [2.24, 2.45) is 5.92 Å². The van der Waals surface area contributed by atoms with Gasteiger partial charge < -0.3 is 14.7 Å². The number of anilines is 1. The van der Waals surface area contributed by atoms with Crippen LogP contribution in [0.1, 0.15) is 44.2 Å². The molecule has 1 amide bonds. The Hall–Kier alpha value is -3.29. The summed E-state index contributed by atoms with van der Waals surface area (Å²) in [5.41, 5.74) is 1.67. The van der Waals surface area contributed by atoms with E-state index in [1.165, 1.54) is 12.1 Å². The summed E-state index contributed by atoms with van der Waals surface area (Å²) in [6.07, 6.45) is 4.09. The average molecular weight is 423 g/mol. The van der Waals surface area contributed by atoms with Crippen molar-refractivity contribution >= 4 is 11.7 Å². The molecule has 1 N–H and O–H groups in total. The van der Waals surface area contributed by atoms with Gasteiger partial charge >= 0.3 is 0 Å². The number of hydrogen-bond donors (Lipinski definition) is 1.